The van der Waals surface area contributed by atoms with Crippen LogP contribution in [0.3, 0.4) is 0 Å². The number of amides is 1. The van der Waals surface area contributed by atoms with E-state index in [4.69, 9.17) is 9.47 Å². The highest BCUT2D eigenvalue weighted by molar-refractivity contribution is 6.53. The number of phenols is 1. The molecule has 3 rings (SSSR count). The molecule has 0 saturated carbocycles. The van der Waals surface area contributed by atoms with Crippen LogP contribution in [0.4, 0.5) is 5.69 Å². The topological polar surface area (TPSA) is 92.5 Å². The summed E-state index contributed by atoms with van der Waals surface area (Å²) in [7, 11) is 2.88. The molecule has 0 bridgehead atoms. The fraction of sp³-hybridized carbons (Fsp3) is 0.118. The summed E-state index contributed by atoms with van der Waals surface area (Å²) in [6.07, 6.45) is 1.45. The molecule has 2 aromatic carbocycles. The minimum Gasteiger partial charge on any atom is -0.502 e. The zero-order valence-electron chi connectivity index (χ0n) is 13.1. The number of phenolic OH excluding ortho intramolecular Hbond substituents is 1. The van der Waals surface area contributed by atoms with Crippen LogP contribution in [-0.2, 0) is 4.79 Å². The third-order valence-electron chi connectivity index (χ3n) is 3.51. The van der Waals surface area contributed by atoms with Crippen LogP contribution < -0.4 is 14.8 Å². The van der Waals surface area contributed by atoms with Crippen molar-refractivity contribution in [1.82, 2.24) is 0 Å². The van der Waals surface area contributed by atoms with E-state index < -0.39 is 0 Å². The first kappa shape index (κ1) is 15.5. The van der Waals surface area contributed by atoms with Crippen LogP contribution in [0.15, 0.2) is 46.6 Å². The molecule has 1 aliphatic heterocycles. The van der Waals surface area contributed by atoms with Crippen LogP contribution in [-0.4, -0.2) is 37.2 Å². The van der Waals surface area contributed by atoms with Crippen LogP contribution in [0.1, 0.15) is 11.1 Å². The van der Waals surface area contributed by atoms with E-state index in [1.807, 2.05) is 12.1 Å². The van der Waals surface area contributed by atoms with Crippen LogP contribution in [0.2, 0.25) is 0 Å². The second kappa shape index (κ2) is 6.41. The van der Waals surface area contributed by atoms with Crippen LogP contribution in [0.5, 0.6) is 17.2 Å². The molecule has 1 aliphatic rings. The highest BCUT2D eigenvalue weighted by Crippen LogP contribution is 2.36. The number of anilines is 1. The Balaban J connectivity index is 1.91. The molecular weight excluding hydrogens is 310 g/mol. The van der Waals surface area contributed by atoms with Gasteiger partial charge in [0, 0.05) is 11.1 Å². The molecule has 0 radical (unpaired) electrons. The van der Waals surface area contributed by atoms with Crippen molar-refractivity contribution in [3.63, 3.8) is 0 Å². The normalized spacial score (nSPS) is 14.8. The predicted octanol–water partition coefficient (Wildman–Crippen LogP) is 2.18. The molecule has 0 aliphatic carbocycles. The Labute approximate surface area is 138 Å². The predicted molar refractivity (Wildman–Crippen MR) is 90.4 cm³/mol. The second-order valence-electron chi connectivity index (χ2n) is 4.97. The van der Waals surface area contributed by atoms with E-state index in [0.717, 1.165) is 0 Å². The minimum atomic E-state index is -0.297. The molecule has 7 heteroatoms. The summed E-state index contributed by atoms with van der Waals surface area (Å²) in [6, 6.07) is 10.4. The molecule has 122 valence electrons. The number of ether oxygens (including phenoxy) is 2. The van der Waals surface area contributed by atoms with Gasteiger partial charge in [-0.05, 0) is 18.2 Å². The molecule has 0 atom stereocenters. The van der Waals surface area contributed by atoms with Gasteiger partial charge in [-0.15, -0.1) is 5.10 Å². The molecule has 24 heavy (non-hydrogen) atoms. The average Bonchev–Trinajstić information content (AvgIpc) is 2.91. The second-order valence-corrected chi connectivity index (χ2v) is 4.97. The Hall–Kier alpha value is -3.35. The van der Waals surface area contributed by atoms with E-state index in [0.29, 0.717) is 16.8 Å². The van der Waals surface area contributed by atoms with Crippen molar-refractivity contribution in [3.8, 4) is 17.2 Å². The van der Waals surface area contributed by atoms with Crippen LogP contribution >= 0.6 is 0 Å². The number of nitrogens with zero attached hydrogens (tertiary/aromatic N) is 2. The molecule has 7 nitrogen and oxygen atoms in total. The fourth-order valence-electron chi connectivity index (χ4n) is 2.34. The first-order chi connectivity index (χ1) is 11.6. The third-order valence-corrected chi connectivity index (χ3v) is 3.51. The maximum atomic E-state index is 11.9. The monoisotopic (exact) mass is 325 g/mol. The summed E-state index contributed by atoms with van der Waals surface area (Å²) < 4.78 is 10.2. The van der Waals surface area contributed by atoms with Crippen molar-refractivity contribution in [2.24, 2.45) is 10.2 Å². The van der Waals surface area contributed by atoms with Gasteiger partial charge in [-0.2, -0.15) is 5.10 Å². The number of hydrogen-bond acceptors (Lipinski definition) is 6. The number of rotatable bonds is 4. The van der Waals surface area contributed by atoms with Crippen LogP contribution in [0.25, 0.3) is 0 Å². The van der Waals surface area contributed by atoms with E-state index in [2.05, 4.69) is 15.5 Å². The first-order valence-electron chi connectivity index (χ1n) is 7.11. The number of benzene rings is 2. The Morgan fingerprint density at radius 2 is 1.79 bits per heavy atom. The smallest absolute Gasteiger partial charge is 0.276 e. The maximum absolute atomic E-state index is 11.9. The van der Waals surface area contributed by atoms with Gasteiger partial charge in [-0.3, -0.25) is 4.79 Å². The molecule has 2 N–H and O–H groups in total. The van der Waals surface area contributed by atoms with Crippen molar-refractivity contribution in [2.45, 2.75) is 0 Å². The Morgan fingerprint density at radius 3 is 2.46 bits per heavy atom. The molecule has 1 heterocycles. The largest absolute Gasteiger partial charge is 0.502 e. The molecule has 0 aromatic heterocycles. The van der Waals surface area contributed by atoms with E-state index in [1.54, 1.807) is 24.3 Å². The van der Waals surface area contributed by atoms with Gasteiger partial charge in [0.1, 0.15) is 0 Å². The third kappa shape index (κ3) is 2.79. The number of aromatic hydroxyl groups is 1. The highest BCUT2D eigenvalue weighted by Gasteiger charge is 2.25. The summed E-state index contributed by atoms with van der Waals surface area (Å²) in [5.74, 6) is 0.126. The fourth-order valence-corrected chi connectivity index (χ4v) is 2.34. The van der Waals surface area contributed by atoms with E-state index in [1.165, 1.54) is 20.4 Å². The zero-order valence-corrected chi connectivity index (χ0v) is 13.1. The Bertz CT molecular complexity index is 834. The number of fused-ring (bicyclic) bond motifs is 1. The number of para-hydroxylation sites is 1. The van der Waals surface area contributed by atoms with E-state index in [-0.39, 0.29) is 28.9 Å². The lowest BCUT2D eigenvalue weighted by molar-refractivity contribution is -0.110. The van der Waals surface area contributed by atoms with Gasteiger partial charge < -0.3 is 19.9 Å². The Kier molecular flexibility index (Phi) is 4.15. The summed E-state index contributed by atoms with van der Waals surface area (Å²) in [5, 5.41) is 20.6. The SMILES string of the molecule is COc1cc(C=NN=C2C(=O)Nc3ccccc32)cc(OC)c1O. The number of carbonyl (C=O) groups is 1. The number of nitrogens with one attached hydrogen (secondary N) is 1. The van der Waals surface area contributed by atoms with Crippen LogP contribution in [0, 0.1) is 0 Å². The molecule has 0 unspecified atom stereocenters. The van der Waals surface area contributed by atoms with Crippen molar-refractivity contribution in [2.75, 3.05) is 19.5 Å². The number of methoxy groups -OCH3 is 2. The van der Waals surface area contributed by atoms with Gasteiger partial charge >= 0.3 is 0 Å². The van der Waals surface area contributed by atoms with Crippen molar-refractivity contribution < 1.29 is 19.4 Å². The lowest BCUT2D eigenvalue weighted by atomic mass is 10.1. The van der Waals surface area contributed by atoms with Gasteiger partial charge in [0.05, 0.1) is 26.1 Å². The van der Waals surface area contributed by atoms with E-state index >= 15 is 0 Å². The first-order valence-corrected chi connectivity index (χ1v) is 7.11. The van der Waals surface area contributed by atoms with Gasteiger partial charge in [0.2, 0.25) is 5.75 Å². The van der Waals surface area contributed by atoms with Gasteiger partial charge in [0.15, 0.2) is 17.2 Å². The quantitative estimate of drug-likeness (QED) is 0.666. The van der Waals surface area contributed by atoms with Gasteiger partial charge in [-0.25, -0.2) is 0 Å². The Morgan fingerprint density at radius 1 is 1.12 bits per heavy atom. The lowest BCUT2D eigenvalue weighted by Gasteiger charge is -2.08. The zero-order chi connectivity index (χ0) is 17.1. The maximum Gasteiger partial charge on any atom is 0.276 e. The summed E-state index contributed by atoms with van der Waals surface area (Å²) in [4.78, 5) is 11.9. The van der Waals surface area contributed by atoms with Crippen molar-refractivity contribution in [3.05, 3.63) is 47.5 Å². The average molecular weight is 325 g/mol. The van der Waals surface area contributed by atoms with Gasteiger partial charge in [-0.1, -0.05) is 18.2 Å². The molecule has 1 amide bonds. The summed E-state index contributed by atoms with van der Waals surface area (Å²) >= 11 is 0. The number of carbonyl (C=O) groups excluding carboxylic acids is 1. The molecule has 0 fully saturated rings. The van der Waals surface area contributed by atoms with Crippen molar-refractivity contribution >= 4 is 23.5 Å². The lowest BCUT2D eigenvalue weighted by Crippen LogP contribution is -2.13. The molecular formula is C17H15N3O4. The van der Waals surface area contributed by atoms with Crippen molar-refractivity contribution in [1.29, 1.82) is 0 Å². The highest BCUT2D eigenvalue weighted by atomic mass is 16.5. The molecule has 0 saturated heterocycles. The molecule has 0 spiro atoms. The molecule has 2 aromatic rings. The summed E-state index contributed by atoms with van der Waals surface area (Å²) in [6.45, 7) is 0. The summed E-state index contributed by atoms with van der Waals surface area (Å²) in [5.41, 5.74) is 2.28. The standard InChI is InChI=1S/C17H15N3O4/c1-23-13-7-10(8-14(24-2)16(13)21)9-18-20-15-11-5-3-4-6-12(11)19-17(15)22/h3-9,21H,1-2H3,(H,19,20,22). The van der Waals surface area contributed by atoms with E-state index in [9.17, 15) is 9.90 Å². The number of hydrogen-bond donors (Lipinski definition) is 2. The minimum absolute atomic E-state index is 0.0902. The van der Waals surface area contributed by atoms with Gasteiger partial charge in [0.25, 0.3) is 5.91 Å².